The third-order valence-corrected chi connectivity index (χ3v) is 4.62. The van der Waals surface area contributed by atoms with Crippen LogP contribution in [0, 0.1) is 0 Å². The number of ether oxygens (including phenoxy) is 1. The van der Waals surface area contributed by atoms with Crippen LogP contribution in [0.25, 0.3) is 0 Å². The highest BCUT2D eigenvalue weighted by molar-refractivity contribution is 6.33. The van der Waals surface area contributed by atoms with Crippen LogP contribution in [0.3, 0.4) is 0 Å². The molecule has 0 bridgehead atoms. The summed E-state index contributed by atoms with van der Waals surface area (Å²) in [4.78, 5) is 30.2. The molecule has 1 aliphatic rings. The van der Waals surface area contributed by atoms with E-state index in [0.717, 1.165) is 25.9 Å². The van der Waals surface area contributed by atoms with Crippen LogP contribution in [0.15, 0.2) is 36.5 Å². The van der Waals surface area contributed by atoms with Gasteiger partial charge in [-0.3, -0.25) is 4.79 Å². The van der Waals surface area contributed by atoms with Crippen LogP contribution < -0.4 is 5.32 Å². The van der Waals surface area contributed by atoms with E-state index in [-0.39, 0.29) is 5.91 Å². The Bertz CT molecular complexity index is 802. The van der Waals surface area contributed by atoms with E-state index in [2.05, 4.69) is 10.3 Å². The number of nitrogens with one attached hydrogen (secondary N) is 1. The summed E-state index contributed by atoms with van der Waals surface area (Å²) in [6.07, 6.45) is 4.84. The fraction of sp³-hybridized carbons (Fsp3) is 0.316. The molecule has 0 saturated carbocycles. The molecular formula is C19H20ClN3O3. The van der Waals surface area contributed by atoms with Gasteiger partial charge in [0.1, 0.15) is 5.69 Å². The Morgan fingerprint density at radius 3 is 2.58 bits per heavy atom. The lowest BCUT2D eigenvalue weighted by Gasteiger charge is -2.26. The predicted molar refractivity (Wildman–Crippen MR) is 100 cm³/mol. The molecule has 2 heterocycles. The first-order valence-electron chi connectivity index (χ1n) is 8.48. The zero-order valence-corrected chi connectivity index (χ0v) is 15.3. The number of esters is 1. The van der Waals surface area contributed by atoms with Gasteiger partial charge in [0.05, 0.1) is 35.3 Å². The fourth-order valence-corrected chi connectivity index (χ4v) is 3.04. The van der Waals surface area contributed by atoms with E-state index in [4.69, 9.17) is 16.3 Å². The van der Waals surface area contributed by atoms with Crippen molar-refractivity contribution in [1.29, 1.82) is 0 Å². The molecule has 0 spiro atoms. The van der Waals surface area contributed by atoms with Crippen molar-refractivity contribution in [2.75, 3.05) is 25.5 Å². The molecule has 1 saturated heterocycles. The highest BCUT2D eigenvalue weighted by atomic mass is 35.5. The molecule has 2 aromatic rings. The number of anilines is 2. The minimum absolute atomic E-state index is 0.0398. The second kappa shape index (κ2) is 8.19. The van der Waals surface area contributed by atoms with Gasteiger partial charge in [0.25, 0.3) is 5.91 Å². The Labute approximate surface area is 157 Å². The molecule has 1 aromatic heterocycles. The number of nitrogens with zero attached hydrogens (tertiary/aromatic N) is 2. The van der Waals surface area contributed by atoms with Gasteiger partial charge in [-0.2, -0.15) is 0 Å². The van der Waals surface area contributed by atoms with Gasteiger partial charge in [0, 0.05) is 13.1 Å². The Balaban J connectivity index is 1.73. The molecule has 0 unspecified atom stereocenters. The number of amides is 1. The summed E-state index contributed by atoms with van der Waals surface area (Å²) in [7, 11) is 1.33. The number of carbonyl (C=O) groups excluding carboxylic acids is 2. The van der Waals surface area contributed by atoms with Gasteiger partial charge in [-0.15, -0.1) is 0 Å². The molecular weight excluding hydrogens is 354 g/mol. The Kier molecular flexibility index (Phi) is 5.73. The molecule has 3 rings (SSSR count). The number of halogens is 1. The van der Waals surface area contributed by atoms with Crippen molar-refractivity contribution in [2.24, 2.45) is 0 Å². The highest BCUT2D eigenvalue weighted by Gasteiger charge is 2.19. The SMILES string of the molecule is COC(=O)c1ccc(Cl)c(Nc2ccc(C(=O)N3CCCCC3)nc2)c1. The van der Waals surface area contributed by atoms with Crippen molar-refractivity contribution in [3.8, 4) is 0 Å². The van der Waals surface area contributed by atoms with Gasteiger partial charge in [-0.05, 0) is 49.6 Å². The average Bonchev–Trinajstić information content (AvgIpc) is 2.69. The molecule has 1 aromatic carbocycles. The molecule has 0 atom stereocenters. The summed E-state index contributed by atoms with van der Waals surface area (Å²) in [6, 6.07) is 8.29. The zero-order valence-electron chi connectivity index (χ0n) is 14.5. The number of likely N-dealkylation sites (tertiary alicyclic amines) is 1. The van der Waals surface area contributed by atoms with Crippen LogP contribution in [0.5, 0.6) is 0 Å². The van der Waals surface area contributed by atoms with Crippen LogP contribution in [0.4, 0.5) is 11.4 Å². The molecule has 1 N–H and O–H groups in total. The fourth-order valence-electron chi connectivity index (χ4n) is 2.87. The lowest BCUT2D eigenvalue weighted by molar-refractivity contribution is 0.0600. The summed E-state index contributed by atoms with van der Waals surface area (Å²) >= 11 is 6.18. The van der Waals surface area contributed by atoms with Gasteiger partial charge in [-0.25, -0.2) is 9.78 Å². The van der Waals surface area contributed by atoms with Gasteiger partial charge in [-0.1, -0.05) is 11.6 Å². The molecule has 26 heavy (non-hydrogen) atoms. The van der Waals surface area contributed by atoms with Crippen molar-refractivity contribution in [3.05, 3.63) is 52.8 Å². The maximum Gasteiger partial charge on any atom is 0.337 e. The minimum atomic E-state index is -0.440. The van der Waals surface area contributed by atoms with Crippen molar-refractivity contribution in [1.82, 2.24) is 9.88 Å². The van der Waals surface area contributed by atoms with Gasteiger partial charge >= 0.3 is 5.97 Å². The number of benzene rings is 1. The standard InChI is InChI=1S/C19H20ClN3O3/c1-26-19(25)13-5-7-15(20)17(11-13)22-14-6-8-16(21-12-14)18(24)23-9-3-2-4-10-23/h5-8,11-12,22H,2-4,9-10H2,1H3. The summed E-state index contributed by atoms with van der Waals surface area (Å²) < 4.78 is 4.72. The van der Waals surface area contributed by atoms with Crippen LogP contribution in [-0.2, 0) is 4.74 Å². The minimum Gasteiger partial charge on any atom is -0.465 e. The first kappa shape index (κ1) is 18.2. The van der Waals surface area contributed by atoms with E-state index < -0.39 is 5.97 Å². The maximum atomic E-state index is 12.4. The number of carbonyl (C=O) groups is 2. The van der Waals surface area contributed by atoms with Crippen LogP contribution in [0.1, 0.15) is 40.1 Å². The van der Waals surface area contributed by atoms with Crippen molar-refractivity contribution >= 4 is 34.9 Å². The van der Waals surface area contributed by atoms with Crippen LogP contribution in [-0.4, -0.2) is 42.0 Å². The van der Waals surface area contributed by atoms with E-state index in [9.17, 15) is 9.59 Å². The maximum absolute atomic E-state index is 12.4. The average molecular weight is 374 g/mol. The number of pyridine rings is 1. The first-order valence-corrected chi connectivity index (χ1v) is 8.86. The molecule has 1 amide bonds. The molecule has 1 fully saturated rings. The number of hydrogen-bond acceptors (Lipinski definition) is 5. The van der Waals surface area contributed by atoms with Crippen molar-refractivity contribution in [3.63, 3.8) is 0 Å². The second-order valence-corrected chi connectivity index (χ2v) is 6.50. The van der Waals surface area contributed by atoms with Crippen molar-refractivity contribution < 1.29 is 14.3 Å². The number of rotatable bonds is 4. The largest absolute Gasteiger partial charge is 0.465 e. The summed E-state index contributed by atoms with van der Waals surface area (Å²) in [5.74, 6) is -0.479. The highest BCUT2D eigenvalue weighted by Crippen LogP contribution is 2.27. The summed E-state index contributed by atoms with van der Waals surface area (Å²) in [6.45, 7) is 1.58. The summed E-state index contributed by atoms with van der Waals surface area (Å²) in [5, 5.41) is 3.57. The predicted octanol–water partition coefficient (Wildman–Crippen LogP) is 3.89. The van der Waals surface area contributed by atoms with E-state index in [1.54, 1.807) is 36.5 Å². The van der Waals surface area contributed by atoms with E-state index in [0.29, 0.717) is 27.7 Å². The normalized spacial score (nSPS) is 14.0. The Morgan fingerprint density at radius 1 is 1.15 bits per heavy atom. The van der Waals surface area contributed by atoms with E-state index in [1.807, 2.05) is 4.90 Å². The number of hydrogen-bond donors (Lipinski definition) is 1. The zero-order chi connectivity index (χ0) is 18.5. The quantitative estimate of drug-likeness (QED) is 0.823. The molecule has 0 aliphatic carbocycles. The number of piperidine rings is 1. The van der Waals surface area contributed by atoms with Crippen LogP contribution >= 0.6 is 11.6 Å². The van der Waals surface area contributed by atoms with Crippen LogP contribution in [0.2, 0.25) is 5.02 Å². The molecule has 1 aliphatic heterocycles. The lowest BCUT2D eigenvalue weighted by Crippen LogP contribution is -2.36. The first-order chi connectivity index (χ1) is 12.6. The van der Waals surface area contributed by atoms with Crippen molar-refractivity contribution in [2.45, 2.75) is 19.3 Å². The molecule has 136 valence electrons. The molecule has 0 radical (unpaired) electrons. The molecule has 6 nitrogen and oxygen atoms in total. The number of methoxy groups -OCH3 is 1. The third kappa shape index (κ3) is 4.14. The topological polar surface area (TPSA) is 71.5 Å². The van der Waals surface area contributed by atoms with Gasteiger partial charge in [0.2, 0.25) is 0 Å². The second-order valence-electron chi connectivity index (χ2n) is 6.10. The smallest absolute Gasteiger partial charge is 0.337 e. The van der Waals surface area contributed by atoms with E-state index >= 15 is 0 Å². The summed E-state index contributed by atoms with van der Waals surface area (Å²) in [5.41, 5.74) is 2.05. The van der Waals surface area contributed by atoms with Gasteiger partial charge in [0.15, 0.2) is 0 Å². The van der Waals surface area contributed by atoms with Gasteiger partial charge < -0.3 is 15.0 Å². The third-order valence-electron chi connectivity index (χ3n) is 4.29. The number of aromatic nitrogens is 1. The Hall–Kier alpha value is -2.60. The monoisotopic (exact) mass is 373 g/mol. The Morgan fingerprint density at radius 2 is 1.92 bits per heavy atom. The molecule has 7 heteroatoms. The lowest BCUT2D eigenvalue weighted by atomic mass is 10.1. The van der Waals surface area contributed by atoms with E-state index in [1.165, 1.54) is 13.5 Å².